The van der Waals surface area contributed by atoms with E-state index in [0.29, 0.717) is 30.0 Å². The number of rotatable bonds is 6. The average molecular weight is 395 g/mol. The standard InChI is InChI=1S/C23H26FN3O2/c24-21-4-2-1-3-17(21)11-12-25-22(28)18-7-9-20(10-8-18)26-13-15-27(16-14-26)23(29)19-5-6-19/h1-4,7-10,19H,5-6,11-16H2,(H,25,28). The predicted octanol–water partition coefficient (Wildman–Crippen LogP) is 2.86. The van der Waals surface area contributed by atoms with Crippen LogP contribution in [0.3, 0.4) is 0 Å². The Balaban J connectivity index is 1.26. The molecule has 0 bridgehead atoms. The third-order valence-corrected chi connectivity index (χ3v) is 5.65. The fourth-order valence-corrected chi connectivity index (χ4v) is 3.71. The highest BCUT2D eigenvalue weighted by Crippen LogP contribution is 2.31. The first-order chi connectivity index (χ1) is 14.1. The first-order valence-corrected chi connectivity index (χ1v) is 10.3. The molecule has 2 aliphatic rings. The van der Waals surface area contributed by atoms with Gasteiger partial charge in [-0.3, -0.25) is 9.59 Å². The van der Waals surface area contributed by atoms with Gasteiger partial charge in [-0.1, -0.05) is 18.2 Å². The molecule has 2 amide bonds. The van der Waals surface area contributed by atoms with Crippen LogP contribution in [0.25, 0.3) is 0 Å². The molecule has 152 valence electrons. The summed E-state index contributed by atoms with van der Waals surface area (Å²) in [6, 6.07) is 14.1. The summed E-state index contributed by atoms with van der Waals surface area (Å²) in [4.78, 5) is 28.7. The highest BCUT2D eigenvalue weighted by atomic mass is 19.1. The van der Waals surface area contributed by atoms with Gasteiger partial charge in [-0.2, -0.15) is 0 Å². The third kappa shape index (κ3) is 4.75. The molecule has 0 radical (unpaired) electrons. The van der Waals surface area contributed by atoms with E-state index in [4.69, 9.17) is 0 Å². The molecule has 0 atom stereocenters. The molecule has 2 fully saturated rings. The van der Waals surface area contributed by atoms with Gasteiger partial charge in [0.2, 0.25) is 5.91 Å². The van der Waals surface area contributed by atoms with Crippen LogP contribution >= 0.6 is 0 Å². The summed E-state index contributed by atoms with van der Waals surface area (Å²) in [6.07, 6.45) is 2.55. The van der Waals surface area contributed by atoms with Crippen molar-refractivity contribution < 1.29 is 14.0 Å². The summed E-state index contributed by atoms with van der Waals surface area (Å²) in [7, 11) is 0. The van der Waals surface area contributed by atoms with Crippen molar-refractivity contribution in [2.75, 3.05) is 37.6 Å². The monoisotopic (exact) mass is 395 g/mol. The number of piperazine rings is 1. The second-order valence-electron chi connectivity index (χ2n) is 7.73. The lowest BCUT2D eigenvalue weighted by atomic mass is 10.1. The SMILES string of the molecule is O=C(NCCc1ccccc1F)c1ccc(N2CCN(C(=O)C3CC3)CC2)cc1. The number of halogens is 1. The molecule has 1 aliphatic carbocycles. The maximum Gasteiger partial charge on any atom is 0.251 e. The van der Waals surface area contributed by atoms with Gasteiger partial charge in [-0.25, -0.2) is 4.39 Å². The Kier molecular flexibility index (Phi) is 5.79. The van der Waals surface area contributed by atoms with Crippen molar-refractivity contribution in [2.24, 2.45) is 5.92 Å². The molecule has 1 N–H and O–H groups in total. The number of nitrogens with one attached hydrogen (secondary N) is 1. The van der Waals surface area contributed by atoms with Gasteiger partial charge in [0.1, 0.15) is 5.82 Å². The first kappa shape index (κ1) is 19.4. The Morgan fingerprint density at radius 3 is 2.31 bits per heavy atom. The molecule has 29 heavy (non-hydrogen) atoms. The number of anilines is 1. The Hall–Kier alpha value is -2.89. The molecule has 4 rings (SSSR count). The van der Waals surface area contributed by atoms with Crippen LogP contribution in [0.5, 0.6) is 0 Å². The van der Waals surface area contributed by atoms with E-state index in [-0.39, 0.29) is 17.6 Å². The molecule has 2 aromatic carbocycles. The van der Waals surface area contributed by atoms with Crippen LogP contribution in [0.1, 0.15) is 28.8 Å². The van der Waals surface area contributed by atoms with Gasteiger partial charge in [-0.15, -0.1) is 0 Å². The van der Waals surface area contributed by atoms with E-state index in [2.05, 4.69) is 10.2 Å². The van der Waals surface area contributed by atoms with Crippen LogP contribution in [-0.4, -0.2) is 49.4 Å². The summed E-state index contributed by atoms with van der Waals surface area (Å²) < 4.78 is 13.6. The molecule has 0 spiro atoms. The minimum absolute atomic E-state index is 0.160. The van der Waals surface area contributed by atoms with Gasteiger partial charge in [0.05, 0.1) is 0 Å². The lowest BCUT2D eigenvalue weighted by Gasteiger charge is -2.36. The molecule has 1 saturated heterocycles. The fraction of sp³-hybridized carbons (Fsp3) is 0.391. The van der Waals surface area contributed by atoms with Crippen LogP contribution in [0.15, 0.2) is 48.5 Å². The second-order valence-corrected chi connectivity index (χ2v) is 7.73. The molecule has 0 unspecified atom stereocenters. The zero-order valence-corrected chi connectivity index (χ0v) is 16.4. The summed E-state index contributed by atoms with van der Waals surface area (Å²) in [5.74, 6) is 0.183. The highest BCUT2D eigenvalue weighted by Gasteiger charge is 2.34. The van der Waals surface area contributed by atoms with E-state index in [0.717, 1.165) is 44.7 Å². The molecular weight excluding hydrogens is 369 g/mol. The summed E-state index contributed by atoms with van der Waals surface area (Å²) >= 11 is 0. The lowest BCUT2D eigenvalue weighted by Crippen LogP contribution is -2.49. The van der Waals surface area contributed by atoms with Gasteiger partial charge in [0.25, 0.3) is 5.91 Å². The normalized spacial score (nSPS) is 16.6. The van der Waals surface area contributed by atoms with Gasteiger partial charge in [0, 0.05) is 49.9 Å². The molecular formula is C23H26FN3O2. The van der Waals surface area contributed by atoms with Gasteiger partial charge >= 0.3 is 0 Å². The largest absolute Gasteiger partial charge is 0.368 e. The Morgan fingerprint density at radius 1 is 0.966 bits per heavy atom. The van der Waals surface area contributed by atoms with E-state index >= 15 is 0 Å². The van der Waals surface area contributed by atoms with Crippen molar-refractivity contribution in [3.8, 4) is 0 Å². The topological polar surface area (TPSA) is 52.7 Å². The Morgan fingerprint density at radius 2 is 1.66 bits per heavy atom. The van der Waals surface area contributed by atoms with Crippen LogP contribution in [0.2, 0.25) is 0 Å². The number of hydrogen-bond acceptors (Lipinski definition) is 3. The maximum atomic E-state index is 13.6. The lowest BCUT2D eigenvalue weighted by molar-refractivity contribution is -0.132. The van der Waals surface area contributed by atoms with Crippen molar-refractivity contribution in [1.82, 2.24) is 10.2 Å². The highest BCUT2D eigenvalue weighted by molar-refractivity contribution is 5.94. The number of amides is 2. The van der Waals surface area contributed by atoms with E-state index in [1.165, 1.54) is 6.07 Å². The minimum Gasteiger partial charge on any atom is -0.368 e. The zero-order chi connectivity index (χ0) is 20.2. The number of benzene rings is 2. The van der Waals surface area contributed by atoms with E-state index < -0.39 is 0 Å². The zero-order valence-electron chi connectivity index (χ0n) is 16.4. The quantitative estimate of drug-likeness (QED) is 0.818. The average Bonchev–Trinajstić information content (AvgIpc) is 3.60. The number of carbonyl (C=O) groups is 2. The fourth-order valence-electron chi connectivity index (χ4n) is 3.71. The van der Waals surface area contributed by atoms with Crippen LogP contribution < -0.4 is 10.2 Å². The molecule has 6 heteroatoms. The maximum absolute atomic E-state index is 13.6. The third-order valence-electron chi connectivity index (χ3n) is 5.65. The van der Waals surface area contributed by atoms with E-state index in [1.807, 2.05) is 29.2 Å². The number of carbonyl (C=O) groups excluding carboxylic acids is 2. The summed E-state index contributed by atoms with van der Waals surface area (Å²) in [6.45, 7) is 3.53. The van der Waals surface area contributed by atoms with Crippen molar-refractivity contribution in [3.63, 3.8) is 0 Å². The predicted molar refractivity (Wildman–Crippen MR) is 110 cm³/mol. The van der Waals surface area contributed by atoms with Crippen LogP contribution in [0.4, 0.5) is 10.1 Å². The van der Waals surface area contributed by atoms with Crippen molar-refractivity contribution >= 4 is 17.5 Å². The van der Waals surface area contributed by atoms with Crippen LogP contribution in [0, 0.1) is 11.7 Å². The Bertz CT molecular complexity index is 872. The van der Waals surface area contributed by atoms with Crippen molar-refractivity contribution in [1.29, 1.82) is 0 Å². The van der Waals surface area contributed by atoms with Gasteiger partial charge in [0.15, 0.2) is 0 Å². The summed E-state index contributed by atoms with van der Waals surface area (Å²) in [5.41, 5.74) is 2.25. The molecule has 5 nitrogen and oxygen atoms in total. The molecule has 1 saturated carbocycles. The Labute approximate surface area is 170 Å². The molecule has 1 heterocycles. The van der Waals surface area contributed by atoms with Gasteiger partial charge < -0.3 is 15.1 Å². The van der Waals surface area contributed by atoms with Crippen molar-refractivity contribution in [2.45, 2.75) is 19.3 Å². The molecule has 2 aromatic rings. The van der Waals surface area contributed by atoms with Crippen molar-refractivity contribution in [3.05, 3.63) is 65.5 Å². The summed E-state index contributed by atoms with van der Waals surface area (Å²) in [5, 5.41) is 2.85. The van der Waals surface area contributed by atoms with E-state index in [1.54, 1.807) is 18.2 Å². The molecule has 1 aliphatic heterocycles. The van der Waals surface area contributed by atoms with E-state index in [9.17, 15) is 14.0 Å². The number of hydrogen-bond donors (Lipinski definition) is 1. The second kappa shape index (κ2) is 8.64. The minimum atomic E-state index is -0.245. The van der Waals surface area contributed by atoms with Crippen LogP contribution in [-0.2, 0) is 11.2 Å². The number of nitrogens with zero attached hydrogens (tertiary/aromatic N) is 2. The molecule has 0 aromatic heterocycles. The first-order valence-electron chi connectivity index (χ1n) is 10.3. The van der Waals surface area contributed by atoms with Gasteiger partial charge in [-0.05, 0) is 55.2 Å². The smallest absolute Gasteiger partial charge is 0.251 e.